The van der Waals surface area contributed by atoms with Crippen molar-refractivity contribution in [3.8, 4) is 11.5 Å². The first-order valence-electron chi connectivity index (χ1n) is 12.2. The lowest BCUT2D eigenvalue weighted by Gasteiger charge is -2.47. The summed E-state index contributed by atoms with van der Waals surface area (Å²) in [5, 5.41) is 0. The predicted molar refractivity (Wildman–Crippen MR) is 135 cm³/mol. The Labute approximate surface area is 225 Å². The lowest BCUT2D eigenvalue weighted by Crippen LogP contribution is -2.68. The summed E-state index contributed by atoms with van der Waals surface area (Å²) in [6.07, 6.45) is -3.19. The first-order chi connectivity index (χ1) is 18.7. The minimum absolute atomic E-state index is 0.0162. The van der Waals surface area contributed by atoms with Gasteiger partial charge in [0.2, 0.25) is 6.29 Å². The van der Waals surface area contributed by atoms with Crippen molar-refractivity contribution in [1.29, 1.82) is 0 Å². The highest BCUT2D eigenvalue weighted by Crippen LogP contribution is 2.36. The molecule has 2 aliphatic heterocycles. The molecule has 0 radical (unpaired) electrons. The molecule has 0 aromatic heterocycles. The van der Waals surface area contributed by atoms with Crippen molar-refractivity contribution in [3.63, 3.8) is 0 Å². The standard InChI is InChI=1S/C28H29NO10/c1-5-14-35-25-23(29-26(32)20-8-6-7-9-21(20)27(29)33)28(38-19-12-10-18(34-4)11-13-19)39-22(15-36-16(2)30)24(25)37-17(3)31/h5-13,22-25,28H,1,14-15H2,2-4H3/t22-,23-,24+,25-,28-/m1/s1. The van der Waals surface area contributed by atoms with Crippen LogP contribution in [0.25, 0.3) is 0 Å². The molecule has 11 nitrogen and oxygen atoms in total. The van der Waals surface area contributed by atoms with Crippen LogP contribution in [0, 0.1) is 0 Å². The molecule has 206 valence electrons. The summed E-state index contributed by atoms with van der Waals surface area (Å²) in [7, 11) is 1.52. The first-order valence-corrected chi connectivity index (χ1v) is 12.2. The molecular formula is C28H29NO10. The fourth-order valence-electron chi connectivity index (χ4n) is 4.56. The molecule has 0 unspecified atom stereocenters. The number of ether oxygens (including phenoxy) is 6. The third-order valence-corrected chi connectivity index (χ3v) is 6.21. The number of hydrogen-bond acceptors (Lipinski definition) is 10. The molecule has 4 rings (SSSR count). The second-order valence-corrected chi connectivity index (χ2v) is 8.82. The van der Waals surface area contributed by atoms with Gasteiger partial charge >= 0.3 is 11.9 Å². The van der Waals surface area contributed by atoms with Gasteiger partial charge in [-0.25, -0.2) is 0 Å². The number of imide groups is 1. The summed E-state index contributed by atoms with van der Waals surface area (Å²) in [5.41, 5.74) is 0.415. The third kappa shape index (κ3) is 5.94. The Morgan fingerprint density at radius 1 is 0.949 bits per heavy atom. The average molecular weight is 540 g/mol. The van der Waals surface area contributed by atoms with E-state index in [4.69, 9.17) is 28.4 Å². The molecule has 0 N–H and O–H groups in total. The van der Waals surface area contributed by atoms with E-state index in [0.29, 0.717) is 11.5 Å². The summed E-state index contributed by atoms with van der Waals surface area (Å²) >= 11 is 0. The molecule has 1 fully saturated rings. The van der Waals surface area contributed by atoms with Gasteiger partial charge in [0.25, 0.3) is 11.8 Å². The van der Waals surface area contributed by atoms with Crippen LogP contribution in [0.15, 0.2) is 61.2 Å². The second kappa shape index (κ2) is 12.1. The maximum absolute atomic E-state index is 13.6. The van der Waals surface area contributed by atoms with E-state index in [9.17, 15) is 19.2 Å². The SMILES string of the molecule is C=CCO[C@H]1[C@@H](OC(C)=O)[C@@H](COC(C)=O)O[C@@H](Oc2ccc(OC)cc2)[C@@H]1N1C(=O)c2ccccc2C1=O. The molecule has 2 aromatic rings. The monoisotopic (exact) mass is 539 g/mol. The number of carbonyl (C=O) groups excluding carboxylic acids is 4. The van der Waals surface area contributed by atoms with E-state index < -0.39 is 54.4 Å². The molecule has 1 saturated heterocycles. The van der Waals surface area contributed by atoms with Gasteiger partial charge in [-0.2, -0.15) is 0 Å². The number of nitrogens with zero attached hydrogens (tertiary/aromatic N) is 1. The highest BCUT2D eigenvalue weighted by molar-refractivity contribution is 6.21. The summed E-state index contributed by atoms with van der Waals surface area (Å²) in [4.78, 5) is 51.9. The molecule has 0 saturated carbocycles. The zero-order valence-electron chi connectivity index (χ0n) is 21.7. The minimum Gasteiger partial charge on any atom is -0.497 e. The number of fused-ring (bicyclic) bond motifs is 1. The van der Waals surface area contributed by atoms with Crippen molar-refractivity contribution < 1.29 is 47.6 Å². The Hall–Kier alpha value is -4.22. The van der Waals surface area contributed by atoms with Gasteiger partial charge in [-0.05, 0) is 36.4 Å². The van der Waals surface area contributed by atoms with Crippen LogP contribution >= 0.6 is 0 Å². The van der Waals surface area contributed by atoms with Crippen molar-refractivity contribution in [1.82, 2.24) is 4.90 Å². The van der Waals surface area contributed by atoms with Gasteiger partial charge in [0.1, 0.15) is 36.4 Å². The second-order valence-electron chi connectivity index (χ2n) is 8.82. The van der Waals surface area contributed by atoms with Gasteiger partial charge in [0.05, 0.1) is 24.8 Å². The Balaban J connectivity index is 1.80. The lowest BCUT2D eigenvalue weighted by atomic mass is 9.94. The van der Waals surface area contributed by atoms with E-state index in [-0.39, 0.29) is 24.3 Å². The van der Waals surface area contributed by atoms with E-state index in [1.807, 2.05) is 0 Å². The molecule has 39 heavy (non-hydrogen) atoms. The zero-order valence-corrected chi connectivity index (χ0v) is 21.7. The molecule has 0 aliphatic carbocycles. The molecule has 5 atom stereocenters. The van der Waals surface area contributed by atoms with Crippen molar-refractivity contribution in [3.05, 3.63) is 72.3 Å². The van der Waals surface area contributed by atoms with E-state index in [0.717, 1.165) is 4.90 Å². The fourth-order valence-corrected chi connectivity index (χ4v) is 4.56. The highest BCUT2D eigenvalue weighted by Gasteiger charge is 2.56. The molecule has 0 bridgehead atoms. The van der Waals surface area contributed by atoms with E-state index in [2.05, 4.69) is 6.58 Å². The van der Waals surface area contributed by atoms with Crippen LogP contribution in [0.1, 0.15) is 34.6 Å². The quantitative estimate of drug-likeness (QED) is 0.252. The summed E-state index contributed by atoms with van der Waals surface area (Å²) < 4.78 is 34.3. The third-order valence-electron chi connectivity index (χ3n) is 6.21. The summed E-state index contributed by atoms with van der Waals surface area (Å²) in [6.45, 7) is 5.77. The van der Waals surface area contributed by atoms with Gasteiger partial charge in [-0.15, -0.1) is 6.58 Å². The van der Waals surface area contributed by atoms with Crippen molar-refractivity contribution in [2.24, 2.45) is 0 Å². The fraction of sp³-hybridized carbons (Fsp3) is 0.357. The van der Waals surface area contributed by atoms with Crippen LogP contribution in [0.5, 0.6) is 11.5 Å². The van der Waals surface area contributed by atoms with Gasteiger partial charge in [-0.3, -0.25) is 24.1 Å². The molecule has 2 amide bonds. The Morgan fingerprint density at radius 2 is 1.56 bits per heavy atom. The lowest BCUT2D eigenvalue weighted by molar-refractivity contribution is -0.267. The Kier molecular flexibility index (Phi) is 8.62. The normalized spacial score (nSPS) is 24.1. The van der Waals surface area contributed by atoms with Gasteiger partial charge < -0.3 is 28.4 Å². The Morgan fingerprint density at radius 3 is 2.10 bits per heavy atom. The van der Waals surface area contributed by atoms with Crippen LogP contribution < -0.4 is 9.47 Å². The van der Waals surface area contributed by atoms with Crippen LogP contribution in [0.3, 0.4) is 0 Å². The number of esters is 2. The van der Waals surface area contributed by atoms with Crippen LogP contribution in [0.4, 0.5) is 0 Å². The topological polar surface area (TPSA) is 127 Å². The van der Waals surface area contributed by atoms with Gasteiger partial charge in [0.15, 0.2) is 6.10 Å². The predicted octanol–water partition coefficient (Wildman–Crippen LogP) is 2.53. The number of methoxy groups -OCH3 is 1. The van der Waals surface area contributed by atoms with Crippen LogP contribution in [-0.2, 0) is 28.5 Å². The maximum Gasteiger partial charge on any atom is 0.303 e. The average Bonchev–Trinajstić information content (AvgIpc) is 3.17. The number of carbonyl (C=O) groups is 4. The molecule has 11 heteroatoms. The molecule has 2 aromatic carbocycles. The number of rotatable bonds is 10. The number of amides is 2. The largest absolute Gasteiger partial charge is 0.497 e. The summed E-state index contributed by atoms with van der Waals surface area (Å²) in [6, 6.07) is 11.8. The molecule has 2 aliphatic rings. The van der Waals surface area contributed by atoms with E-state index >= 15 is 0 Å². The van der Waals surface area contributed by atoms with E-state index in [1.54, 1.807) is 48.5 Å². The number of benzene rings is 2. The van der Waals surface area contributed by atoms with Crippen LogP contribution in [0.2, 0.25) is 0 Å². The Bertz CT molecular complexity index is 1210. The molecule has 2 heterocycles. The van der Waals surface area contributed by atoms with Crippen molar-refractivity contribution >= 4 is 23.8 Å². The van der Waals surface area contributed by atoms with Crippen LogP contribution in [-0.4, -0.2) is 79.6 Å². The molecule has 0 spiro atoms. The van der Waals surface area contributed by atoms with Gasteiger partial charge in [-0.1, -0.05) is 18.2 Å². The smallest absolute Gasteiger partial charge is 0.303 e. The maximum atomic E-state index is 13.6. The van der Waals surface area contributed by atoms with E-state index in [1.165, 1.54) is 27.0 Å². The zero-order chi connectivity index (χ0) is 28.1. The van der Waals surface area contributed by atoms with Gasteiger partial charge in [0, 0.05) is 13.8 Å². The van der Waals surface area contributed by atoms with Crippen molar-refractivity contribution in [2.75, 3.05) is 20.3 Å². The van der Waals surface area contributed by atoms with Crippen molar-refractivity contribution in [2.45, 2.75) is 44.5 Å². The summed E-state index contributed by atoms with van der Waals surface area (Å²) in [5.74, 6) is -1.50. The number of hydrogen-bond donors (Lipinski definition) is 0. The first kappa shape index (κ1) is 27.8. The minimum atomic E-state index is -1.30. The molecular weight excluding hydrogens is 510 g/mol. The highest BCUT2D eigenvalue weighted by atomic mass is 16.7.